The molecule has 0 radical (unpaired) electrons. The number of benzene rings is 3. The molecular weight excluding hydrogens is 490 g/mol. The Morgan fingerprint density at radius 3 is 2.28 bits per heavy atom. The summed E-state index contributed by atoms with van der Waals surface area (Å²) in [6, 6.07) is 20.9. The van der Waals surface area contributed by atoms with Crippen LogP contribution in [0.3, 0.4) is 0 Å². The van der Waals surface area contributed by atoms with Crippen LogP contribution in [0.1, 0.15) is 51.1 Å². The van der Waals surface area contributed by atoms with Crippen molar-refractivity contribution in [2.45, 2.75) is 38.6 Å². The van der Waals surface area contributed by atoms with Gasteiger partial charge >= 0.3 is 0 Å². The molecule has 1 amide bonds. The lowest BCUT2D eigenvalue weighted by molar-refractivity contribution is 0.0939. The molecule has 4 aliphatic rings. The molecule has 4 bridgehead atoms. The molecule has 2 nitrogen and oxygen atoms in total. The van der Waals surface area contributed by atoms with Crippen molar-refractivity contribution in [3.63, 3.8) is 0 Å². The molecule has 0 fully saturated rings. The molecule has 1 atom stereocenters. The second-order valence-corrected chi connectivity index (χ2v) is 9.34. The SMILES string of the molecule is C[C@H](NC(=O)c1cc2c(Br)cc1CCc1ccc(cc1Br)CC2)c1ccccc1. The Hall–Kier alpha value is -1.91. The van der Waals surface area contributed by atoms with E-state index in [-0.39, 0.29) is 11.9 Å². The molecule has 1 N–H and O–H groups in total. The molecular formula is C25H23Br2NO. The van der Waals surface area contributed by atoms with Gasteiger partial charge in [-0.05, 0) is 78.6 Å². The van der Waals surface area contributed by atoms with E-state index in [9.17, 15) is 4.79 Å². The Bertz CT molecular complexity index is 1050. The number of amides is 1. The van der Waals surface area contributed by atoms with Crippen molar-refractivity contribution in [1.29, 1.82) is 0 Å². The number of carbonyl (C=O) groups is 1. The van der Waals surface area contributed by atoms with Crippen LogP contribution in [-0.4, -0.2) is 5.91 Å². The number of nitrogens with one attached hydrogen (secondary N) is 1. The van der Waals surface area contributed by atoms with Gasteiger partial charge in [0.2, 0.25) is 0 Å². The second kappa shape index (κ2) is 8.85. The quantitative estimate of drug-likeness (QED) is 0.421. The minimum absolute atomic E-state index is 0.00451. The highest BCUT2D eigenvalue weighted by atomic mass is 79.9. The highest BCUT2D eigenvalue weighted by Gasteiger charge is 2.18. The Labute approximate surface area is 189 Å². The van der Waals surface area contributed by atoms with E-state index in [4.69, 9.17) is 0 Å². The fraction of sp³-hybridized carbons (Fsp3) is 0.240. The standard InChI is InChI=1S/C25H23Br2NO/c1-16(18-5-3-2-4-6-18)28-25(29)22-14-21-10-8-17-7-9-19(23(26)13-17)11-12-20(22)15-24(21)27/h2-7,9,13-16H,8,10-12H2,1H3,(H,28,29)/t16-/m0/s1. The van der Waals surface area contributed by atoms with E-state index < -0.39 is 0 Å². The van der Waals surface area contributed by atoms with Gasteiger partial charge in [-0.1, -0.05) is 74.3 Å². The zero-order valence-electron chi connectivity index (χ0n) is 16.3. The van der Waals surface area contributed by atoms with E-state index in [1.165, 1.54) is 16.7 Å². The first-order valence-corrected chi connectivity index (χ1v) is 11.5. The molecule has 0 unspecified atom stereocenters. The summed E-state index contributed by atoms with van der Waals surface area (Å²) < 4.78 is 2.25. The van der Waals surface area contributed by atoms with Crippen LogP contribution >= 0.6 is 31.9 Å². The minimum atomic E-state index is -0.0384. The van der Waals surface area contributed by atoms with Gasteiger partial charge < -0.3 is 5.32 Å². The smallest absolute Gasteiger partial charge is 0.252 e. The summed E-state index contributed by atoms with van der Waals surface area (Å²) in [4.78, 5) is 13.2. The van der Waals surface area contributed by atoms with Gasteiger partial charge in [0.05, 0.1) is 6.04 Å². The first-order chi connectivity index (χ1) is 14.0. The first-order valence-electron chi connectivity index (χ1n) is 9.95. The van der Waals surface area contributed by atoms with E-state index in [2.05, 4.69) is 67.5 Å². The van der Waals surface area contributed by atoms with E-state index in [0.717, 1.165) is 51.3 Å². The van der Waals surface area contributed by atoms with Crippen molar-refractivity contribution in [3.8, 4) is 0 Å². The van der Waals surface area contributed by atoms with Crippen molar-refractivity contribution in [2.24, 2.45) is 0 Å². The Morgan fingerprint density at radius 1 is 0.828 bits per heavy atom. The van der Waals surface area contributed by atoms with Crippen molar-refractivity contribution < 1.29 is 4.79 Å². The molecule has 0 saturated carbocycles. The molecule has 4 heteroatoms. The zero-order chi connectivity index (χ0) is 20.4. The monoisotopic (exact) mass is 511 g/mol. The lowest BCUT2D eigenvalue weighted by Gasteiger charge is -2.19. The average molecular weight is 513 g/mol. The van der Waals surface area contributed by atoms with Gasteiger partial charge in [0.1, 0.15) is 0 Å². The maximum Gasteiger partial charge on any atom is 0.252 e. The Kier molecular flexibility index (Phi) is 6.21. The molecule has 0 aromatic heterocycles. The molecule has 3 aromatic rings. The molecule has 0 spiro atoms. The predicted octanol–water partition coefficient (Wildman–Crippen LogP) is 6.59. The number of halogens is 2. The third-order valence-electron chi connectivity index (χ3n) is 5.63. The van der Waals surface area contributed by atoms with Gasteiger partial charge in [0.25, 0.3) is 5.91 Å². The number of hydrogen-bond donors (Lipinski definition) is 1. The van der Waals surface area contributed by atoms with Crippen LogP contribution < -0.4 is 5.32 Å². The third kappa shape index (κ3) is 4.65. The van der Waals surface area contributed by atoms with E-state index in [1.807, 2.05) is 37.3 Å². The molecule has 4 aliphatic carbocycles. The zero-order valence-corrected chi connectivity index (χ0v) is 19.5. The predicted molar refractivity (Wildman–Crippen MR) is 125 cm³/mol. The van der Waals surface area contributed by atoms with Gasteiger partial charge in [-0.2, -0.15) is 0 Å². The Morgan fingerprint density at radius 2 is 1.52 bits per heavy atom. The molecule has 0 saturated heterocycles. The molecule has 0 aliphatic heterocycles. The summed E-state index contributed by atoms with van der Waals surface area (Å²) in [7, 11) is 0. The summed E-state index contributed by atoms with van der Waals surface area (Å²) >= 11 is 7.45. The molecule has 29 heavy (non-hydrogen) atoms. The van der Waals surface area contributed by atoms with Gasteiger partial charge in [-0.3, -0.25) is 4.79 Å². The van der Waals surface area contributed by atoms with Gasteiger partial charge in [0.15, 0.2) is 0 Å². The summed E-state index contributed by atoms with van der Waals surface area (Å²) in [5, 5.41) is 3.19. The number of carbonyl (C=O) groups excluding carboxylic acids is 1. The van der Waals surface area contributed by atoms with E-state index in [0.29, 0.717) is 0 Å². The second-order valence-electron chi connectivity index (χ2n) is 7.63. The van der Waals surface area contributed by atoms with Gasteiger partial charge in [-0.15, -0.1) is 0 Å². The van der Waals surface area contributed by atoms with Gasteiger partial charge in [-0.25, -0.2) is 0 Å². The van der Waals surface area contributed by atoms with Crippen LogP contribution in [0.25, 0.3) is 0 Å². The summed E-state index contributed by atoms with van der Waals surface area (Å²) in [6.07, 6.45) is 3.54. The van der Waals surface area contributed by atoms with Crippen LogP contribution in [0.4, 0.5) is 0 Å². The van der Waals surface area contributed by atoms with Crippen molar-refractivity contribution in [2.75, 3.05) is 0 Å². The van der Waals surface area contributed by atoms with Crippen molar-refractivity contribution >= 4 is 37.8 Å². The lowest BCUT2D eigenvalue weighted by Crippen LogP contribution is -2.28. The van der Waals surface area contributed by atoms with Crippen LogP contribution in [-0.2, 0) is 25.7 Å². The minimum Gasteiger partial charge on any atom is -0.346 e. The fourth-order valence-electron chi connectivity index (χ4n) is 3.87. The van der Waals surface area contributed by atoms with Crippen LogP contribution in [0.15, 0.2) is 69.6 Å². The Balaban J connectivity index is 1.66. The molecule has 148 valence electrons. The van der Waals surface area contributed by atoms with Crippen LogP contribution in [0.5, 0.6) is 0 Å². The van der Waals surface area contributed by atoms with Crippen LogP contribution in [0.2, 0.25) is 0 Å². The maximum absolute atomic E-state index is 13.2. The molecule has 0 heterocycles. The van der Waals surface area contributed by atoms with E-state index in [1.54, 1.807) is 0 Å². The van der Waals surface area contributed by atoms with Gasteiger partial charge in [0, 0.05) is 14.5 Å². The van der Waals surface area contributed by atoms with Crippen LogP contribution in [0, 0.1) is 0 Å². The normalized spacial score (nSPS) is 14.2. The fourth-order valence-corrected chi connectivity index (χ4v) is 5.08. The average Bonchev–Trinajstić information content (AvgIpc) is 2.71. The summed E-state index contributed by atoms with van der Waals surface area (Å²) in [6.45, 7) is 2.03. The topological polar surface area (TPSA) is 29.1 Å². The number of rotatable bonds is 3. The van der Waals surface area contributed by atoms with Crippen molar-refractivity contribution in [1.82, 2.24) is 5.32 Å². The highest BCUT2D eigenvalue weighted by Crippen LogP contribution is 2.29. The number of aryl methyl sites for hydroxylation is 4. The molecule has 7 rings (SSSR count). The number of hydrogen-bond acceptors (Lipinski definition) is 1. The first kappa shape index (κ1) is 20.4. The largest absolute Gasteiger partial charge is 0.346 e. The van der Waals surface area contributed by atoms with Crippen molar-refractivity contribution in [3.05, 3.63) is 103 Å². The lowest BCUT2D eigenvalue weighted by atomic mass is 9.93. The maximum atomic E-state index is 13.2. The highest BCUT2D eigenvalue weighted by molar-refractivity contribution is 9.10. The summed E-state index contributed by atoms with van der Waals surface area (Å²) in [5.74, 6) is -0.00451. The third-order valence-corrected chi connectivity index (χ3v) is 7.10. The summed E-state index contributed by atoms with van der Waals surface area (Å²) in [5.41, 5.74) is 6.73. The van der Waals surface area contributed by atoms with E-state index >= 15 is 0 Å². The molecule has 3 aromatic carbocycles.